The van der Waals surface area contributed by atoms with Gasteiger partial charge in [-0.3, -0.25) is 43.2 Å². The number of carboxylic acid groups (broad SMARTS) is 1. The van der Waals surface area contributed by atoms with E-state index in [0.717, 1.165) is 6.92 Å². The highest BCUT2D eigenvalue weighted by atomic mass is 16.4. The lowest BCUT2D eigenvalue weighted by atomic mass is 10.0. The molecule has 0 heterocycles. The zero-order chi connectivity index (χ0) is 47.5. The van der Waals surface area contributed by atoms with Gasteiger partial charge >= 0.3 is 5.97 Å². The zero-order valence-corrected chi connectivity index (χ0v) is 35.5. The van der Waals surface area contributed by atoms with Gasteiger partial charge in [0.05, 0.1) is 38.4 Å². The SMILES string of the molecule is CC(C)C[C@H](NC(=O)[C@@H](N)CC(N)=O)C(=O)N[C@@H](CO)C(=O)N[C@@H](C)C(=O)N[C@@H](CO)C(=O)N[C@H](C(=O)N[C@H](C(=O)N[C@@H](CO)C(=O)N[C@H](C(=O)O)C(C)C)[C@@H](C)O)C(C)C. The van der Waals surface area contributed by atoms with Crippen LogP contribution < -0.4 is 54.0 Å². The van der Waals surface area contributed by atoms with Crippen LogP contribution in [0.1, 0.15) is 68.2 Å². The maximum atomic E-state index is 13.4. The van der Waals surface area contributed by atoms with Crippen molar-refractivity contribution >= 4 is 59.1 Å². The number of carboxylic acids is 1. The predicted octanol–water partition coefficient (Wildman–Crippen LogP) is -7.11. The minimum Gasteiger partial charge on any atom is -0.480 e. The van der Waals surface area contributed by atoms with Gasteiger partial charge < -0.3 is 79.5 Å². The van der Waals surface area contributed by atoms with Gasteiger partial charge in [-0.1, -0.05) is 41.5 Å². The molecule has 10 atom stereocenters. The fourth-order valence-corrected chi connectivity index (χ4v) is 5.29. The van der Waals surface area contributed by atoms with Crippen molar-refractivity contribution in [3.05, 3.63) is 0 Å². The molecule has 25 heteroatoms. The maximum Gasteiger partial charge on any atom is 0.326 e. The van der Waals surface area contributed by atoms with Crippen molar-refractivity contribution in [3.8, 4) is 0 Å². The molecule has 25 nitrogen and oxygen atoms in total. The van der Waals surface area contributed by atoms with Crippen LogP contribution in [-0.4, -0.2) is 165 Å². The van der Waals surface area contributed by atoms with Gasteiger partial charge in [-0.25, -0.2) is 4.79 Å². The third-order valence-electron chi connectivity index (χ3n) is 8.84. The van der Waals surface area contributed by atoms with Gasteiger partial charge in [0.1, 0.15) is 48.3 Å². The monoisotopic (exact) mass is 876 g/mol. The molecule has 0 aliphatic heterocycles. The molecule has 0 bridgehead atoms. The van der Waals surface area contributed by atoms with E-state index in [1.165, 1.54) is 34.6 Å². The van der Waals surface area contributed by atoms with Crippen LogP contribution in [0.2, 0.25) is 0 Å². The van der Waals surface area contributed by atoms with Crippen LogP contribution in [-0.2, 0) is 47.9 Å². The Morgan fingerprint density at radius 2 is 0.836 bits per heavy atom. The molecule has 0 radical (unpaired) electrons. The Bertz CT molecular complexity index is 1560. The van der Waals surface area contributed by atoms with E-state index in [1.807, 2.05) is 0 Å². The third-order valence-corrected chi connectivity index (χ3v) is 8.84. The summed E-state index contributed by atoms with van der Waals surface area (Å²) in [6.07, 6.45) is -2.06. The molecule has 0 saturated carbocycles. The molecule has 0 aliphatic carbocycles. The first kappa shape index (κ1) is 55.5. The van der Waals surface area contributed by atoms with E-state index < -0.39 is 158 Å². The highest BCUT2D eigenvalue weighted by Gasteiger charge is 2.36. The number of hydrogen-bond donors (Lipinski definition) is 15. The van der Waals surface area contributed by atoms with Crippen LogP contribution in [0.4, 0.5) is 0 Å². The van der Waals surface area contributed by atoms with Gasteiger partial charge in [-0.2, -0.15) is 0 Å². The lowest BCUT2D eigenvalue weighted by Crippen LogP contribution is -2.63. The van der Waals surface area contributed by atoms with Gasteiger partial charge in [0, 0.05) is 0 Å². The van der Waals surface area contributed by atoms with Crippen LogP contribution in [0.3, 0.4) is 0 Å². The van der Waals surface area contributed by atoms with Crippen molar-refractivity contribution in [1.82, 2.24) is 42.5 Å². The van der Waals surface area contributed by atoms with Crippen molar-refractivity contribution in [2.45, 2.75) is 129 Å². The fourth-order valence-electron chi connectivity index (χ4n) is 5.29. The summed E-state index contributed by atoms with van der Waals surface area (Å²) in [5.74, 6) is -11.9. The minimum atomic E-state index is -1.77. The van der Waals surface area contributed by atoms with Crippen molar-refractivity contribution in [2.24, 2.45) is 29.2 Å². The van der Waals surface area contributed by atoms with Gasteiger partial charge in [0.15, 0.2) is 0 Å². The smallest absolute Gasteiger partial charge is 0.326 e. The number of aliphatic hydroxyl groups is 4. The summed E-state index contributed by atoms with van der Waals surface area (Å²) in [4.78, 5) is 127. The van der Waals surface area contributed by atoms with Crippen molar-refractivity contribution in [2.75, 3.05) is 19.8 Å². The van der Waals surface area contributed by atoms with E-state index in [9.17, 15) is 73.5 Å². The Morgan fingerprint density at radius 3 is 1.23 bits per heavy atom. The van der Waals surface area contributed by atoms with Crippen molar-refractivity contribution < 1.29 is 73.5 Å². The molecule has 0 aromatic rings. The number of rotatable bonds is 27. The standard InChI is InChI=1S/C36H64N10O15/c1-14(2)9-20(40-29(53)19(37)10-24(38)51)30(54)42-21(11-47)31(55)39-17(7)28(52)41-22(12-48)32(56)44-25(15(3)4)34(58)46-27(18(8)50)35(59)43-23(13-49)33(57)45-26(16(5)6)36(60)61/h14-23,25-27,47-50H,9-13,37H2,1-8H3,(H2,38,51)(H,39,55)(H,40,53)(H,41,52)(H,42,54)(H,43,59)(H,44,56)(H,45,57)(H,46,58)(H,60,61)/t17-,18+,19-,20-,21-,22-,23-,25-,26-,27-/m0/s1. The first-order chi connectivity index (χ1) is 28.2. The molecular formula is C36H64N10O15. The summed E-state index contributed by atoms with van der Waals surface area (Å²) < 4.78 is 0. The summed E-state index contributed by atoms with van der Waals surface area (Å²) in [6.45, 7) is 8.78. The summed E-state index contributed by atoms with van der Waals surface area (Å²) in [6, 6.07) is -13.8. The second-order valence-electron chi connectivity index (χ2n) is 15.5. The molecule has 0 unspecified atom stereocenters. The Hall–Kier alpha value is -5.50. The number of hydrogen-bond acceptors (Lipinski definition) is 15. The van der Waals surface area contributed by atoms with E-state index in [1.54, 1.807) is 13.8 Å². The Morgan fingerprint density at radius 1 is 0.475 bits per heavy atom. The number of aliphatic hydroxyl groups excluding tert-OH is 4. The molecule has 0 aromatic heterocycles. The van der Waals surface area contributed by atoms with Gasteiger partial charge in [0.2, 0.25) is 53.2 Å². The second-order valence-corrected chi connectivity index (χ2v) is 15.5. The first-order valence-corrected chi connectivity index (χ1v) is 19.4. The van der Waals surface area contributed by atoms with Crippen molar-refractivity contribution in [3.63, 3.8) is 0 Å². The van der Waals surface area contributed by atoms with Gasteiger partial charge in [0.25, 0.3) is 0 Å². The second kappa shape index (κ2) is 26.7. The predicted molar refractivity (Wildman–Crippen MR) is 213 cm³/mol. The molecule has 0 saturated heterocycles. The van der Waals surface area contributed by atoms with Crippen LogP contribution in [0.15, 0.2) is 0 Å². The number of nitrogens with two attached hydrogens (primary N) is 2. The minimum absolute atomic E-state index is 0.0571. The first-order valence-electron chi connectivity index (χ1n) is 19.4. The van der Waals surface area contributed by atoms with Crippen LogP contribution >= 0.6 is 0 Å². The molecule has 0 aliphatic rings. The Balaban J connectivity index is 5.76. The number of aliphatic carboxylic acids is 1. The molecule has 348 valence electrons. The van der Waals surface area contributed by atoms with E-state index >= 15 is 0 Å². The zero-order valence-electron chi connectivity index (χ0n) is 35.5. The number of carbonyl (C=O) groups excluding carboxylic acids is 9. The fraction of sp³-hybridized carbons (Fsp3) is 0.722. The van der Waals surface area contributed by atoms with Crippen LogP contribution in [0.5, 0.6) is 0 Å². The third kappa shape index (κ3) is 19.2. The largest absolute Gasteiger partial charge is 0.480 e. The number of amides is 9. The molecule has 0 aromatic carbocycles. The number of carbonyl (C=O) groups is 10. The molecule has 17 N–H and O–H groups in total. The van der Waals surface area contributed by atoms with Crippen molar-refractivity contribution in [1.29, 1.82) is 0 Å². The van der Waals surface area contributed by atoms with Gasteiger partial charge in [-0.05, 0) is 38.0 Å². The summed E-state index contributed by atoms with van der Waals surface area (Å²) in [5.41, 5.74) is 10.7. The highest BCUT2D eigenvalue weighted by molar-refractivity contribution is 5.98. The molecule has 9 amide bonds. The quantitative estimate of drug-likeness (QED) is 0.0365. The number of nitrogens with one attached hydrogen (secondary N) is 8. The lowest BCUT2D eigenvalue weighted by molar-refractivity contribution is -0.144. The molecular weight excluding hydrogens is 812 g/mol. The van der Waals surface area contributed by atoms with E-state index in [2.05, 4.69) is 42.5 Å². The Labute approximate surface area is 352 Å². The highest BCUT2D eigenvalue weighted by Crippen LogP contribution is 2.08. The summed E-state index contributed by atoms with van der Waals surface area (Å²) >= 11 is 0. The summed E-state index contributed by atoms with van der Waals surface area (Å²) in [5, 5.41) is 67.2. The van der Waals surface area contributed by atoms with Crippen LogP contribution in [0.25, 0.3) is 0 Å². The Kier molecular flexibility index (Phi) is 24.3. The maximum absolute atomic E-state index is 13.4. The molecule has 0 spiro atoms. The normalized spacial score (nSPS) is 16.2. The molecule has 0 rings (SSSR count). The molecule has 61 heavy (non-hydrogen) atoms. The van der Waals surface area contributed by atoms with E-state index in [-0.39, 0.29) is 12.3 Å². The number of primary amides is 1. The topological polar surface area (TPSA) is 420 Å². The van der Waals surface area contributed by atoms with E-state index in [0.29, 0.717) is 0 Å². The summed E-state index contributed by atoms with van der Waals surface area (Å²) in [7, 11) is 0. The lowest BCUT2D eigenvalue weighted by Gasteiger charge is -2.29. The van der Waals surface area contributed by atoms with E-state index in [4.69, 9.17) is 11.5 Å². The average molecular weight is 877 g/mol. The van der Waals surface area contributed by atoms with Crippen LogP contribution in [0, 0.1) is 17.8 Å². The molecule has 0 fully saturated rings. The van der Waals surface area contributed by atoms with Gasteiger partial charge in [-0.15, -0.1) is 0 Å². The average Bonchev–Trinajstić information content (AvgIpc) is 3.15.